The molecule has 0 spiro atoms. The van der Waals surface area contributed by atoms with Crippen molar-refractivity contribution in [1.82, 2.24) is 19.8 Å². The number of imidazole rings is 1. The number of carbonyl (C=O) groups is 2. The second kappa shape index (κ2) is 12.0. The lowest BCUT2D eigenvalue weighted by Crippen LogP contribution is -2.38. The number of amides is 2. The first kappa shape index (κ1) is 26.5. The zero-order valence-electron chi connectivity index (χ0n) is 21.9. The minimum Gasteiger partial charge on any atom is -0.356 e. The van der Waals surface area contributed by atoms with Crippen LogP contribution in [0.4, 0.5) is 0 Å². The van der Waals surface area contributed by atoms with Gasteiger partial charge in [-0.25, -0.2) is 4.98 Å². The van der Waals surface area contributed by atoms with Gasteiger partial charge >= 0.3 is 0 Å². The van der Waals surface area contributed by atoms with Crippen molar-refractivity contribution in [2.24, 2.45) is 5.41 Å². The molecule has 2 amide bonds. The quantitative estimate of drug-likeness (QED) is 0.380. The average Bonchev–Trinajstić information content (AvgIpc) is 3.16. The van der Waals surface area contributed by atoms with Crippen LogP contribution in [-0.2, 0) is 29.1 Å². The first-order valence-electron chi connectivity index (χ1n) is 12.7. The van der Waals surface area contributed by atoms with Crippen molar-refractivity contribution in [3.8, 4) is 0 Å². The zero-order chi connectivity index (χ0) is 25.4. The molecule has 0 atom stereocenters. The van der Waals surface area contributed by atoms with E-state index in [0.717, 1.165) is 48.1 Å². The van der Waals surface area contributed by atoms with Gasteiger partial charge in [-0.15, -0.1) is 0 Å². The SMILES string of the molecule is CC(C)N(Cc1ccccc1)C(=O)Cn1c(CCCCCNC(=O)C(C)(C)C)nc2ccccc21. The Kier molecular flexibility index (Phi) is 9.07. The molecule has 2 aromatic carbocycles. The molecule has 1 aromatic heterocycles. The molecule has 0 fully saturated rings. The summed E-state index contributed by atoms with van der Waals surface area (Å²) in [6.45, 7) is 11.5. The molecule has 188 valence electrons. The molecule has 3 aromatic rings. The third kappa shape index (κ3) is 7.41. The molecule has 0 bridgehead atoms. The average molecular weight is 477 g/mol. The smallest absolute Gasteiger partial charge is 0.243 e. The fourth-order valence-corrected chi connectivity index (χ4v) is 4.11. The molecule has 6 nitrogen and oxygen atoms in total. The standard InChI is InChI=1S/C29H40N4O2/c1-22(2)32(20-23-14-8-6-9-15-23)27(34)21-33-25-17-12-11-16-24(25)31-26(33)18-10-7-13-19-30-28(35)29(3,4)5/h6,8-9,11-12,14-17,22H,7,10,13,18-21H2,1-5H3,(H,30,35). The molecule has 0 saturated heterocycles. The third-order valence-corrected chi connectivity index (χ3v) is 6.21. The Balaban J connectivity index is 1.65. The third-order valence-electron chi connectivity index (χ3n) is 6.21. The molecule has 35 heavy (non-hydrogen) atoms. The summed E-state index contributed by atoms with van der Waals surface area (Å²) in [6, 6.07) is 18.3. The van der Waals surface area contributed by atoms with Crippen LogP contribution in [0.1, 0.15) is 65.3 Å². The Bertz CT molecular complexity index is 1110. The highest BCUT2D eigenvalue weighted by Gasteiger charge is 2.21. The number of aryl methyl sites for hydroxylation is 1. The minimum absolute atomic E-state index is 0.0861. The Morgan fingerprint density at radius 1 is 0.971 bits per heavy atom. The second-order valence-corrected chi connectivity index (χ2v) is 10.5. The van der Waals surface area contributed by atoms with Crippen molar-refractivity contribution in [1.29, 1.82) is 0 Å². The fraction of sp³-hybridized carbons (Fsp3) is 0.483. The Morgan fingerprint density at radius 2 is 1.66 bits per heavy atom. The number of hydrogen-bond donors (Lipinski definition) is 1. The van der Waals surface area contributed by atoms with Gasteiger partial charge < -0.3 is 14.8 Å². The lowest BCUT2D eigenvalue weighted by atomic mass is 9.96. The van der Waals surface area contributed by atoms with E-state index in [4.69, 9.17) is 4.98 Å². The summed E-state index contributed by atoms with van der Waals surface area (Å²) < 4.78 is 2.08. The maximum absolute atomic E-state index is 13.4. The number of benzene rings is 2. The van der Waals surface area contributed by atoms with Gasteiger partial charge in [0.05, 0.1) is 11.0 Å². The van der Waals surface area contributed by atoms with E-state index in [1.165, 1.54) is 0 Å². The van der Waals surface area contributed by atoms with Crippen molar-refractivity contribution in [3.05, 3.63) is 66.0 Å². The van der Waals surface area contributed by atoms with Gasteiger partial charge in [-0.1, -0.05) is 69.7 Å². The van der Waals surface area contributed by atoms with E-state index in [-0.39, 0.29) is 29.8 Å². The summed E-state index contributed by atoms with van der Waals surface area (Å²) in [5.41, 5.74) is 2.69. The van der Waals surface area contributed by atoms with Crippen LogP contribution < -0.4 is 5.32 Å². The maximum Gasteiger partial charge on any atom is 0.243 e. The molecule has 0 aliphatic heterocycles. The van der Waals surface area contributed by atoms with E-state index in [1.54, 1.807) is 0 Å². The van der Waals surface area contributed by atoms with Gasteiger partial charge in [0.2, 0.25) is 11.8 Å². The molecular weight excluding hydrogens is 436 g/mol. The van der Waals surface area contributed by atoms with Crippen LogP contribution in [0, 0.1) is 5.41 Å². The molecule has 0 aliphatic carbocycles. The molecule has 0 saturated carbocycles. The van der Waals surface area contributed by atoms with E-state index in [9.17, 15) is 9.59 Å². The van der Waals surface area contributed by atoms with Gasteiger partial charge in [0.15, 0.2) is 0 Å². The highest BCUT2D eigenvalue weighted by molar-refractivity contribution is 5.82. The molecule has 3 rings (SSSR count). The van der Waals surface area contributed by atoms with Crippen molar-refractivity contribution < 1.29 is 9.59 Å². The number of nitrogens with one attached hydrogen (secondary N) is 1. The van der Waals surface area contributed by atoms with E-state index < -0.39 is 0 Å². The van der Waals surface area contributed by atoms with Crippen LogP contribution >= 0.6 is 0 Å². The van der Waals surface area contributed by atoms with Crippen LogP contribution in [0.25, 0.3) is 11.0 Å². The van der Waals surface area contributed by atoms with Gasteiger partial charge in [0, 0.05) is 31.0 Å². The zero-order valence-corrected chi connectivity index (χ0v) is 21.9. The van der Waals surface area contributed by atoms with Crippen LogP contribution in [-0.4, -0.2) is 38.9 Å². The fourth-order valence-electron chi connectivity index (χ4n) is 4.11. The van der Waals surface area contributed by atoms with Crippen LogP contribution in [0.3, 0.4) is 0 Å². The van der Waals surface area contributed by atoms with Crippen molar-refractivity contribution in [2.75, 3.05) is 6.54 Å². The summed E-state index contributed by atoms with van der Waals surface area (Å²) in [5.74, 6) is 1.13. The summed E-state index contributed by atoms with van der Waals surface area (Å²) in [6.07, 6.45) is 3.68. The number of nitrogens with zero attached hydrogens (tertiary/aromatic N) is 3. The van der Waals surface area contributed by atoms with Crippen LogP contribution in [0.15, 0.2) is 54.6 Å². The number of hydrogen-bond acceptors (Lipinski definition) is 3. The highest BCUT2D eigenvalue weighted by Crippen LogP contribution is 2.19. The number of aromatic nitrogens is 2. The van der Waals surface area contributed by atoms with E-state index in [2.05, 4.69) is 35.9 Å². The molecule has 1 N–H and O–H groups in total. The van der Waals surface area contributed by atoms with Gasteiger partial charge in [0.25, 0.3) is 0 Å². The molecule has 0 aliphatic rings. The Hall–Kier alpha value is -3.15. The van der Waals surface area contributed by atoms with E-state index in [0.29, 0.717) is 13.1 Å². The first-order chi connectivity index (χ1) is 16.7. The first-order valence-corrected chi connectivity index (χ1v) is 12.7. The second-order valence-electron chi connectivity index (χ2n) is 10.5. The Morgan fingerprint density at radius 3 is 2.34 bits per heavy atom. The summed E-state index contributed by atoms with van der Waals surface area (Å²) in [5, 5.41) is 3.01. The summed E-state index contributed by atoms with van der Waals surface area (Å²) in [4.78, 5) is 32.3. The monoisotopic (exact) mass is 476 g/mol. The molecule has 6 heteroatoms. The summed E-state index contributed by atoms with van der Waals surface area (Å²) >= 11 is 0. The molecule has 0 unspecified atom stereocenters. The number of fused-ring (bicyclic) bond motifs is 1. The highest BCUT2D eigenvalue weighted by atomic mass is 16.2. The van der Waals surface area contributed by atoms with Gasteiger partial charge in [-0.05, 0) is 44.4 Å². The van der Waals surface area contributed by atoms with E-state index in [1.807, 2.05) is 68.1 Å². The van der Waals surface area contributed by atoms with Gasteiger partial charge in [-0.2, -0.15) is 0 Å². The molecule has 1 heterocycles. The predicted octanol–water partition coefficient (Wildman–Crippen LogP) is 5.35. The minimum atomic E-state index is -0.359. The molecule has 0 radical (unpaired) electrons. The van der Waals surface area contributed by atoms with E-state index >= 15 is 0 Å². The number of carbonyl (C=O) groups excluding carboxylic acids is 2. The topological polar surface area (TPSA) is 67.2 Å². The van der Waals surface area contributed by atoms with Crippen molar-refractivity contribution in [3.63, 3.8) is 0 Å². The normalized spacial score (nSPS) is 11.7. The number of para-hydroxylation sites is 2. The van der Waals surface area contributed by atoms with Gasteiger partial charge in [-0.3, -0.25) is 9.59 Å². The largest absolute Gasteiger partial charge is 0.356 e. The number of unbranched alkanes of at least 4 members (excludes halogenated alkanes) is 2. The predicted molar refractivity (Wildman–Crippen MR) is 142 cm³/mol. The molecular formula is C29H40N4O2. The summed E-state index contributed by atoms with van der Waals surface area (Å²) in [7, 11) is 0. The lowest BCUT2D eigenvalue weighted by Gasteiger charge is -2.27. The van der Waals surface area contributed by atoms with Crippen LogP contribution in [0.5, 0.6) is 0 Å². The maximum atomic E-state index is 13.4. The van der Waals surface area contributed by atoms with Gasteiger partial charge in [0.1, 0.15) is 12.4 Å². The lowest BCUT2D eigenvalue weighted by molar-refractivity contribution is -0.134. The van der Waals surface area contributed by atoms with Crippen molar-refractivity contribution >= 4 is 22.8 Å². The Labute approximate surface area is 209 Å². The van der Waals surface area contributed by atoms with Crippen molar-refractivity contribution in [2.45, 2.75) is 79.4 Å². The number of rotatable bonds is 11. The van der Waals surface area contributed by atoms with Crippen LogP contribution in [0.2, 0.25) is 0 Å².